The minimum atomic E-state index is -0.222. The van der Waals surface area contributed by atoms with Crippen molar-refractivity contribution in [3.05, 3.63) is 34.9 Å². The van der Waals surface area contributed by atoms with Crippen LogP contribution in [-0.2, 0) is 18.4 Å². The summed E-state index contributed by atoms with van der Waals surface area (Å²) in [6.45, 7) is 7.47. The second kappa shape index (κ2) is 8.46. The highest BCUT2D eigenvalue weighted by atomic mass is 16.2. The lowest BCUT2D eigenvalue weighted by Gasteiger charge is -2.08. The van der Waals surface area contributed by atoms with Gasteiger partial charge in [-0.1, -0.05) is 0 Å². The normalized spacial score (nSPS) is 10.7. The zero-order valence-corrected chi connectivity index (χ0v) is 15.3. The van der Waals surface area contributed by atoms with E-state index in [1.165, 1.54) is 4.68 Å². The Morgan fingerprint density at radius 1 is 1.04 bits per heavy atom. The molecule has 2 aromatic rings. The molecule has 8 nitrogen and oxygen atoms in total. The second-order valence-corrected chi connectivity index (χ2v) is 6.15. The molecule has 0 aliphatic rings. The van der Waals surface area contributed by atoms with Crippen LogP contribution in [0.1, 0.15) is 40.4 Å². The molecule has 2 N–H and O–H groups in total. The van der Waals surface area contributed by atoms with E-state index >= 15 is 0 Å². The Hall–Kier alpha value is -2.64. The molecule has 0 aliphatic carbocycles. The zero-order chi connectivity index (χ0) is 18.4. The first-order valence-corrected chi connectivity index (χ1v) is 8.43. The Morgan fingerprint density at radius 3 is 2.36 bits per heavy atom. The average Bonchev–Trinajstić information content (AvgIpc) is 3.04. The maximum absolute atomic E-state index is 12.0. The minimum absolute atomic E-state index is 0.0742. The monoisotopic (exact) mass is 346 g/mol. The summed E-state index contributed by atoms with van der Waals surface area (Å²) < 4.78 is 3.47. The maximum Gasteiger partial charge on any atom is 0.269 e. The van der Waals surface area contributed by atoms with Crippen LogP contribution in [0.25, 0.3) is 0 Å². The summed E-state index contributed by atoms with van der Waals surface area (Å²) in [5.41, 5.74) is 3.40. The summed E-state index contributed by atoms with van der Waals surface area (Å²) in [6.07, 6.45) is 1.07. The molecule has 25 heavy (non-hydrogen) atoms. The van der Waals surface area contributed by atoms with Crippen LogP contribution in [0.5, 0.6) is 0 Å². The molecule has 0 spiro atoms. The van der Waals surface area contributed by atoms with E-state index in [1.807, 2.05) is 31.5 Å². The minimum Gasteiger partial charge on any atom is -0.356 e. The standard InChI is InChI=1S/C17H26N6O2/c1-12-10-14(3)23(21-12)9-5-7-18-16(24)6-8-19-17(25)15-11-13(2)20-22(15)4/h10-11H,5-9H2,1-4H3,(H,18,24)(H,19,25). The van der Waals surface area contributed by atoms with Gasteiger partial charge in [0.05, 0.1) is 11.4 Å². The number of aromatic nitrogens is 4. The van der Waals surface area contributed by atoms with E-state index in [-0.39, 0.29) is 18.2 Å². The number of carbonyl (C=O) groups excluding carboxylic acids is 2. The van der Waals surface area contributed by atoms with Gasteiger partial charge in [0.1, 0.15) is 5.69 Å². The van der Waals surface area contributed by atoms with Gasteiger partial charge >= 0.3 is 0 Å². The predicted octanol–water partition coefficient (Wildman–Crippen LogP) is 0.868. The van der Waals surface area contributed by atoms with Gasteiger partial charge in [-0.25, -0.2) is 0 Å². The number of amides is 2. The van der Waals surface area contributed by atoms with Gasteiger partial charge in [0.15, 0.2) is 0 Å². The topological polar surface area (TPSA) is 93.8 Å². The van der Waals surface area contributed by atoms with Crippen LogP contribution in [0.15, 0.2) is 12.1 Å². The van der Waals surface area contributed by atoms with Gasteiger partial charge in [0.2, 0.25) is 5.91 Å². The molecule has 0 saturated carbocycles. The average molecular weight is 346 g/mol. The Labute approximate surface area is 147 Å². The SMILES string of the molecule is Cc1cc(C(=O)NCCC(=O)NCCCn2nc(C)cc2C)n(C)n1. The molecule has 0 bridgehead atoms. The van der Waals surface area contributed by atoms with Crippen LogP contribution in [0.3, 0.4) is 0 Å². The molecule has 2 rings (SSSR count). The van der Waals surface area contributed by atoms with Crippen molar-refractivity contribution in [3.63, 3.8) is 0 Å². The Balaban J connectivity index is 1.61. The van der Waals surface area contributed by atoms with Crippen LogP contribution in [0.2, 0.25) is 0 Å². The van der Waals surface area contributed by atoms with Crippen molar-refractivity contribution >= 4 is 11.8 Å². The molecule has 2 heterocycles. The highest BCUT2D eigenvalue weighted by Crippen LogP contribution is 2.02. The highest BCUT2D eigenvalue weighted by molar-refractivity contribution is 5.92. The number of carbonyl (C=O) groups is 2. The van der Waals surface area contributed by atoms with Crippen molar-refractivity contribution in [3.8, 4) is 0 Å². The van der Waals surface area contributed by atoms with Crippen molar-refractivity contribution in [2.24, 2.45) is 7.05 Å². The van der Waals surface area contributed by atoms with E-state index in [1.54, 1.807) is 13.1 Å². The van der Waals surface area contributed by atoms with Gasteiger partial charge in [0.25, 0.3) is 5.91 Å². The molecule has 2 amide bonds. The van der Waals surface area contributed by atoms with Gasteiger partial charge in [-0.2, -0.15) is 10.2 Å². The molecule has 0 fully saturated rings. The maximum atomic E-state index is 12.0. The lowest BCUT2D eigenvalue weighted by atomic mass is 10.3. The van der Waals surface area contributed by atoms with Crippen LogP contribution in [0.4, 0.5) is 0 Å². The smallest absolute Gasteiger partial charge is 0.269 e. The third-order valence-corrected chi connectivity index (χ3v) is 3.84. The summed E-state index contributed by atoms with van der Waals surface area (Å²) >= 11 is 0. The number of hydrogen-bond acceptors (Lipinski definition) is 4. The first-order valence-electron chi connectivity index (χ1n) is 8.43. The van der Waals surface area contributed by atoms with E-state index in [2.05, 4.69) is 20.8 Å². The second-order valence-electron chi connectivity index (χ2n) is 6.15. The quantitative estimate of drug-likeness (QED) is 0.694. The fraction of sp³-hybridized carbons (Fsp3) is 0.529. The first kappa shape index (κ1) is 18.7. The Bertz CT molecular complexity index is 746. The number of nitrogens with one attached hydrogen (secondary N) is 2. The van der Waals surface area contributed by atoms with E-state index in [9.17, 15) is 9.59 Å². The van der Waals surface area contributed by atoms with Crippen molar-refractivity contribution in [1.82, 2.24) is 30.2 Å². The van der Waals surface area contributed by atoms with Gasteiger partial charge < -0.3 is 10.6 Å². The summed E-state index contributed by atoms with van der Waals surface area (Å²) in [4.78, 5) is 23.8. The van der Waals surface area contributed by atoms with E-state index in [4.69, 9.17) is 0 Å². The Morgan fingerprint density at radius 2 is 1.76 bits per heavy atom. The van der Waals surface area contributed by atoms with Gasteiger partial charge in [-0.05, 0) is 39.3 Å². The molecule has 0 unspecified atom stereocenters. The van der Waals surface area contributed by atoms with Gasteiger partial charge in [-0.15, -0.1) is 0 Å². The van der Waals surface area contributed by atoms with Crippen LogP contribution in [0, 0.1) is 20.8 Å². The fourth-order valence-electron chi connectivity index (χ4n) is 2.65. The number of rotatable bonds is 8. The fourth-order valence-corrected chi connectivity index (χ4v) is 2.65. The van der Waals surface area contributed by atoms with Crippen molar-refractivity contribution in [2.45, 2.75) is 40.2 Å². The molecule has 136 valence electrons. The largest absolute Gasteiger partial charge is 0.356 e. The molecule has 0 radical (unpaired) electrons. The predicted molar refractivity (Wildman–Crippen MR) is 94.2 cm³/mol. The zero-order valence-electron chi connectivity index (χ0n) is 15.3. The third-order valence-electron chi connectivity index (χ3n) is 3.84. The van der Waals surface area contributed by atoms with Crippen molar-refractivity contribution in [1.29, 1.82) is 0 Å². The highest BCUT2D eigenvalue weighted by Gasteiger charge is 2.11. The van der Waals surface area contributed by atoms with Crippen LogP contribution >= 0.6 is 0 Å². The molecule has 0 aromatic carbocycles. The van der Waals surface area contributed by atoms with E-state index in [0.29, 0.717) is 18.8 Å². The van der Waals surface area contributed by atoms with E-state index in [0.717, 1.165) is 30.0 Å². The summed E-state index contributed by atoms with van der Waals surface area (Å²) in [5, 5.41) is 14.1. The van der Waals surface area contributed by atoms with Crippen molar-refractivity contribution in [2.75, 3.05) is 13.1 Å². The molecule has 2 aromatic heterocycles. The summed E-state index contributed by atoms with van der Waals surface area (Å²) in [6, 6.07) is 3.75. The lowest BCUT2D eigenvalue weighted by molar-refractivity contribution is -0.120. The van der Waals surface area contributed by atoms with Crippen LogP contribution in [-0.4, -0.2) is 44.5 Å². The van der Waals surface area contributed by atoms with E-state index < -0.39 is 0 Å². The number of aryl methyl sites for hydroxylation is 5. The molecular formula is C17H26N6O2. The van der Waals surface area contributed by atoms with Crippen LogP contribution < -0.4 is 10.6 Å². The lowest BCUT2D eigenvalue weighted by Crippen LogP contribution is -2.32. The molecule has 0 aliphatic heterocycles. The molecule has 8 heteroatoms. The first-order chi connectivity index (χ1) is 11.9. The van der Waals surface area contributed by atoms with Crippen molar-refractivity contribution < 1.29 is 9.59 Å². The summed E-state index contributed by atoms with van der Waals surface area (Å²) in [5.74, 6) is -0.296. The Kier molecular flexibility index (Phi) is 6.32. The number of hydrogen-bond donors (Lipinski definition) is 2. The third kappa shape index (κ3) is 5.44. The number of nitrogens with zero attached hydrogens (tertiary/aromatic N) is 4. The molecule has 0 saturated heterocycles. The van der Waals surface area contributed by atoms with Gasteiger partial charge in [-0.3, -0.25) is 19.0 Å². The molecular weight excluding hydrogens is 320 g/mol. The van der Waals surface area contributed by atoms with Gasteiger partial charge in [0, 0.05) is 38.8 Å². The summed E-state index contributed by atoms with van der Waals surface area (Å²) in [7, 11) is 1.72. The molecule has 0 atom stereocenters.